The van der Waals surface area contributed by atoms with Gasteiger partial charge in [-0.3, -0.25) is 14.2 Å². The SMILES string of the molecule is COc1ccc(NC(=O)CCSc2nnc(NC(=O)CCn3c(=O)oc4ccccc43)s2)cc1. The van der Waals surface area contributed by atoms with Crippen LogP contribution in [0.25, 0.3) is 11.1 Å². The Bertz CT molecular complexity index is 1350. The van der Waals surface area contributed by atoms with Gasteiger partial charge in [0.25, 0.3) is 0 Å². The molecule has 176 valence electrons. The zero-order chi connectivity index (χ0) is 23.9. The van der Waals surface area contributed by atoms with Crippen LogP contribution >= 0.6 is 23.1 Å². The molecule has 2 aromatic carbocycles. The number of anilines is 2. The number of carbonyl (C=O) groups excluding carboxylic acids is 2. The van der Waals surface area contributed by atoms with Gasteiger partial charge in [0.05, 0.1) is 12.6 Å². The van der Waals surface area contributed by atoms with Crippen molar-refractivity contribution < 1.29 is 18.7 Å². The number of oxazole rings is 1. The van der Waals surface area contributed by atoms with Gasteiger partial charge in [0.15, 0.2) is 9.92 Å². The first-order valence-electron chi connectivity index (χ1n) is 10.3. The van der Waals surface area contributed by atoms with Crippen molar-refractivity contribution in [1.82, 2.24) is 14.8 Å². The molecule has 0 radical (unpaired) electrons. The lowest BCUT2D eigenvalue weighted by molar-refractivity contribution is -0.117. The van der Waals surface area contributed by atoms with Crippen LogP contribution in [0.5, 0.6) is 5.75 Å². The summed E-state index contributed by atoms with van der Waals surface area (Å²) >= 11 is 2.61. The van der Waals surface area contributed by atoms with Crippen molar-refractivity contribution in [1.29, 1.82) is 0 Å². The number of para-hydroxylation sites is 2. The monoisotopic (exact) mass is 499 g/mol. The molecular weight excluding hydrogens is 478 g/mol. The highest BCUT2D eigenvalue weighted by atomic mass is 32.2. The zero-order valence-electron chi connectivity index (χ0n) is 18.1. The molecule has 0 saturated heterocycles. The Morgan fingerprint density at radius 3 is 2.62 bits per heavy atom. The first-order chi connectivity index (χ1) is 16.5. The number of nitrogens with zero attached hydrogens (tertiary/aromatic N) is 3. The Morgan fingerprint density at radius 1 is 1.06 bits per heavy atom. The van der Waals surface area contributed by atoms with Gasteiger partial charge >= 0.3 is 5.76 Å². The van der Waals surface area contributed by atoms with E-state index in [4.69, 9.17) is 9.15 Å². The maximum absolute atomic E-state index is 12.3. The normalized spacial score (nSPS) is 10.9. The van der Waals surface area contributed by atoms with E-state index >= 15 is 0 Å². The summed E-state index contributed by atoms with van der Waals surface area (Å²) in [5.74, 6) is 0.332. The summed E-state index contributed by atoms with van der Waals surface area (Å²) in [6.07, 6.45) is 0.377. The quantitative estimate of drug-likeness (QED) is 0.250. The van der Waals surface area contributed by atoms with Crippen molar-refractivity contribution in [2.75, 3.05) is 23.5 Å². The largest absolute Gasteiger partial charge is 0.497 e. The number of hydrogen-bond donors (Lipinski definition) is 2. The number of carbonyl (C=O) groups is 2. The van der Waals surface area contributed by atoms with Gasteiger partial charge in [-0.2, -0.15) is 0 Å². The van der Waals surface area contributed by atoms with E-state index in [1.807, 2.05) is 0 Å². The van der Waals surface area contributed by atoms with E-state index in [1.165, 1.54) is 27.7 Å². The molecule has 2 N–H and O–H groups in total. The van der Waals surface area contributed by atoms with Gasteiger partial charge in [0.1, 0.15) is 5.75 Å². The third-order valence-corrected chi connectivity index (χ3v) is 6.69. The minimum atomic E-state index is -0.500. The number of aryl methyl sites for hydroxylation is 1. The minimum absolute atomic E-state index is 0.0804. The Morgan fingerprint density at radius 2 is 1.82 bits per heavy atom. The molecule has 0 aliphatic rings. The Balaban J connectivity index is 1.20. The molecule has 2 heterocycles. The van der Waals surface area contributed by atoms with Gasteiger partial charge in [-0.15, -0.1) is 10.2 Å². The number of fused-ring (bicyclic) bond motifs is 1. The fraction of sp³-hybridized carbons (Fsp3) is 0.227. The topological polar surface area (TPSA) is 128 Å². The number of hydrogen-bond acceptors (Lipinski definition) is 9. The lowest BCUT2D eigenvalue weighted by Crippen LogP contribution is -2.19. The second-order valence-electron chi connectivity index (χ2n) is 7.03. The molecule has 4 aromatic rings. The molecule has 12 heteroatoms. The fourth-order valence-corrected chi connectivity index (χ4v) is 4.85. The average Bonchev–Trinajstić information content (AvgIpc) is 3.41. The average molecular weight is 500 g/mol. The van der Waals surface area contributed by atoms with E-state index in [2.05, 4.69) is 20.8 Å². The highest BCUT2D eigenvalue weighted by Gasteiger charge is 2.13. The number of ether oxygens (including phenoxy) is 1. The third-order valence-electron chi connectivity index (χ3n) is 4.72. The minimum Gasteiger partial charge on any atom is -0.497 e. The molecule has 10 nitrogen and oxygen atoms in total. The smallest absolute Gasteiger partial charge is 0.419 e. The molecule has 0 saturated carbocycles. The molecule has 0 fully saturated rings. The van der Waals surface area contributed by atoms with Crippen LogP contribution in [0.3, 0.4) is 0 Å². The number of methoxy groups -OCH3 is 1. The first-order valence-corrected chi connectivity index (χ1v) is 12.1. The van der Waals surface area contributed by atoms with Crippen LogP contribution in [-0.4, -0.2) is 39.4 Å². The number of thioether (sulfide) groups is 1. The van der Waals surface area contributed by atoms with Gasteiger partial charge in [0.2, 0.25) is 16.9 Å². The van der Waals surface area contributed by atoms with Crippen molar-refractivity contribution in [2.24, 2.45) is 0 Å². The lowest BCUT2D eigenvalue weighted by Gasteiger charge is -2.05. The molecule has 4 rings (SSSR count). The van der Waals surface area contributed by atoms with E-state index in [-0.39, 0.29) is 24.8 Å². The van der Waals surface area contributed by atoms with E-state index in [0.717, 1.165) is 5.75 Å². The third kappa shape index (κ3) is 6.02. The van der Waals surface area contributed by atoms with Gasteiger partial charge in [-0.05, 0) is 36.4 Å². The number of nitrogens with one attached hydrogen (secondary N) is 2. The van der Waals surface area contributed by atoms with Crippen molar-refractivity contribution in [3.8, 4) is 5.75 Å². The lowest BCUT2D eigenvalue weighted by atomic mass is 10.3. The van der Waals surface area contributed by atoms with E-state index in [0.29, 0.717) is 38.4 Å². The number of rotatable bonds is 10. The molecule has 0 bridgehead atoms. The summed E-state index contributed by atoms with van der Waals surface area (Å²) < 4.78 is 12.3. The van der Waals surface area contributed by atoms with Gasteiger partial charge < -0.3 is 19.8 Å². The molecule has 0 aliphatic heterocycles. The molecule has 34 heavy (non-hydrogen) atoms. The molecule has 2 amide bonds. The Hall–Kier alpha value is -3.64. The number of amides is 2. The van der Waals surface area contributed by atoms with Crippen LogP contribution in [0, 0.1) is 0 Å². The van der Waals surface area contributed by atoms with Crippen LogP contribution in [0.4, 0.5) is 10.8 Å². The zero-order valence-corrected chi connectivity index (χ0v) is 19.8. The predicted octanol–water partition coefficient (Wildman–Crippen LogP) is 3.60. The van der Waals surface area contributed by atoms with Crippen molar-refractivity contribution in [3.05, 3.63) is 59.1 Å². The standard InChI is InChI=1S/C22H21N5O5S2/c1-31-15-8-6-14(7-9-15)23-19(29)11-13-33-21-26-25-20(34-21)24-18(28)10-12-27-16-4-2-3-5-17(16)32-22(27)30/h2-9H,10-13H2,1H3,(H,23,29)(H,24,25,28). The van der Waals surface area contributed by atoms with Gasteiger partial charge in [-0.1, -0.05) is 35.2 Å². The van der Waals surface area contributed by atoms with Crippen LogP contribution in [0.2, 0.25) is 0 Å². The van der Waals surface area contributed by atoms with Crippen LogP contribution < -0.4 is 21.1 Å². The number of aromatic nitrogens is 3. The summed E-state index contributed by atoms with van der Waals surface area (Å²) in [5.41, 5.74) is 1.82. The maximum atomic E-state index is 12.3. The molecule has 0 aliphatic carbocycles. The van der Waals surface area contributed by atoms with Gasteiger partial charge in [-0.25, -0.2) is 4.79 Å². The van der Waals surface area contributed by atoms with Crippen molar-refractivity contribution >= 4 is 56.8 Å². The number of benzene rings is 2. The summed E-state index contributed by atoms with van der Waals surface area (Å²) in [5, 5.41) is 13.9. The maximum Gasteiger partial charge on any atom is 0.419 e. The Kier molecular flexibility index (Phi) is 7.60. The molecule has 0 atom stereocenters. The summed E-state index contributed by atoms with van der Waals surface area (Å²) in [6.45, 7) is 0.186. The summed E-state index contributed by atoms with van der Waals surface area (Å²) in [4.78, 5) is 36.4. The highest BCUT2D eigenvalue weighted by molar-refractivity contribution is 8.01. The molecule has 2 aromatic heterocycles. The molecular formula is C22H21N5O5S2. The van der Waals surface area contributed by atoms with E-state index in [1.54, 1.807) is 55.6 Å². The van der Waals surface area contributed by atoms with Crippen LogP contribution in [-0.2, 0) is 16.1 Å². The van der Waals surface area contributed by atoms with Crippen LogP contribution in [0.15, 0.2) is 62.1 Å². The van der Waals surface area contributed by atoms with Crippen molar-refractivity contribution in [3.63, 3.8) is 0 Å². The van der Waals surface area contributed by atoms with Crippen molar-refractivity contribution in [2.45, 2.75) is 23.7 Å². The fourth-order valence-electron chi connectivity index (χ4n) is 3.07. The summed E-state index contributed by atoms with van der Waals surface area (Å²) in [7, 11) is 1.58. The molecule has 0 spiro atoms. The van der Waals surface area contributed by atoms with Crippen LogP contribution in [0.1, 0.15) is 12.8 Å². The van der Waals surface area contributed by atoms with E-state index in [9.17, 15) is 14.4 Å². The first kappa shape index (κ1) is 23.5. The predicted molar refractivity (Wildman–Crippen MR) is 131 cm³/mol. The summed E-state index contributed by atoms with van der Waals surface area (Å²) in [6, 6.07) is 14.1. The second kappa shape index (κ2) is 11.0. The second-order valence-corrected chi connectivity index (χ2v) is 9.35. The highest BCUT2D eigenvalue weighted by Crippen LogP contribution is 2.26. The molecule has 0 unspecified atom stereocenters. The Labute approximate surface area is 202 Å². The van der Waals surface area contributed by atoms with E-state index < -0.39 is 5.76 Å². The van der Waals surface area contributed by atoms with Gasteiger partial charge in [0, 0.05) is 30.8 Å².